The molecule has 0 saturated heterocycles. The van der Waals surface area contributed by atoms with Crippen LogP contribution in [0.4, 0.5) is 4.79 Å². The van der Waals surface area contributed by atoms with E-state index in [0.717, 1.165) is 16.5 Å². The molecular weight excluding hydrogens is 344 g/mol. The molecule has 0 aliphatic heterocycles. The van der Waals surface area contributed by atoms with E-state index < -0.39 is 28.1 Å². The standard InChI is InChI=1S/C17H24N2O5S/c1-11(2)14-6-8-15(9-7-14)12(3)10-25(22,23)19-17(21)18-13(4)16(20)24-5/h6-11,13H,1-5H3,(H2,18,19,21)/b12-10+. The lowest BCUT2D eigenvalue weighted by Gasteiger charge is -2.12. The first-order chi connectivity index (χ1) is 11.6. The van der Waals surface area contributed by atoms with Gasteiger partial charge in [0.05, 0.1) is 12.5 Å². The summed E-state index contributed by atoms with van der Waals surface area (Å²) in [6.07, 6.45) is 0. The first-order valence-electron chi connectivity index (χ1n) is 7.75. The van der Waals surface area contributed by atoms with E-state index in [9.17, 15) is 18.0 Å². The van der Waals surface area contributed by atoms with Crippen LogP contribution in [0.5, 0.6) is 0 Å². The number of urea groups is 1. The molecule has 25 heavy (non-hydrogen) atoms. The lowest BCUT2D eigenvalue weighted by Crippen LogP contribution is -2.46. The van der Waals surface area contributed by atoms with Crippen LogP contribution in [0.1, 0.15) is 44.7 Å². The van der Waals surface area contributed by atoms with E-state index in [2.05, 4.69) is 23.9 Å². The Morgan fingerprint density at radius 3 is 2.16 bits per heavy atom. The van der Waals surface area contributed by atoms with Gasteiger partial charge in [-0.05, 0) is 36.5 Å². The Bertz CT molecular complexity index is 752. The third kappa shape index (κ3) is 6.58. The third-order valence-corrected chi connectivity index (χ3v) is 4.64. The molecule has 7 nitrogen and oxygen atoms in total. The molecule has 8 heteroatoms. The van der Waals surface area contributed by atoms with Gasteiger partial charge in [0.25, 0.3) is 10.0 Å². The van der Waals surface area contributed by atoms with E-state index in [4.69, 9.17) is 0 Å². The van der Waals surface area contributed by atoms with Crippen molar-refractivity contribution >= 4 is 27.6 Å². The maximum atomic E-state index is 12.1. The molecule has 1 aromatic carbocycles. The van der Waals surface area contributed by atoms with Crippen LogP contribution in [0, 0.1) is 0 Å². The van der Waals surface area contributed by atoms with Gasteiger partial charge < -0.3 is 10.1 Å². The highest BCUT2D eigenvalue weighted by Crippen LogP contribution is 2.19. The number of sulfonamides is 1. The van der Waals surface area contributed by atoms with Crippen LogP contribution in [0.15, 0.2) is 29.7 Å². The number of nitrogens with one attached hydrogen (secondary N) is 2. The Hall–Kier alpha value is -2.35. The Balaban J connectivity index is 2.82. The molecule has 0 fully saturated rings. The predicted molar refractivity (Wildman–Crippen MR) is 96.2 cm³/mol. The second-order valence-corrected chi connectivity index (χ2v) is 7.47. The zero-order chi connectivity index (χ0) is 19.2. The van der Waals surface area contributed by atoms with Crippen molar-refractivity contribution in [2.45, 2.75) is 39.7 Å². The van der Waals surface area contributed by atoms with Crippen LogP contribution in [0.3, 0.4) is 0 Å². The monoisotopic (exact) mass is 368 g/mol. The SMILES string of the molecule is COC(=O)C(C)NC(=O)NS(=O)(=O)/C=C(\C)c1ccc(C(C)C)cc1. The van der Waals surface area contributed by atoms with E-state index >= 15 is 0 Å². The maximum absolute atomic E-state index is 12.1. The number of ether oxygens (including phenoxy) is 1. The van der Waals surface area contributed by atoms with Gasteiger partial charge in [-0.3, -0.25) is 0 Å². The number of hydrogen-bond donors (Lipinski definition) is 2. The molecule has 2 amide bonds. The second-order valence-electron chi connectivity index (χ2n) is 5.94. The van der Waals surface area contributed by atoms with Crippen molar-refractivity contribution < 1.29 is 22.7 Å². The number of carbonyl (C=O) groups excluding carboxylic acids is 2. The zero-order valence-corrected chi connectivity index (χ0v) is 15.8. The van der Waals surface area contributed by atoms with E-state index in [1.54, 1.807) is 6.92 Å². The zero-order valence-electron chi connectivity index (χ0n) is 15.0. The summed E-state index contributed by atoms with van der Waals surface area (Å²) >= 11 is 0. The third-order valence-electron chi connectivity index (χ3n) is 3.50. The fraction of sp³-hybridized carbons (Fsp3) is 0.412. The van der Waals surface area contributed by atoms with Crippen LogP contribution in [0.2, 0.25) is 0 Å². The van der Waals surface area contributed by atoms with Gasteiger partial charge in [0.1, 0.15) is 6.04 Å². The van der Waals surface area contributed by atoms with Gasteiger partial charge in [-0.2, -0.15) is 0 Å². The van der Waals surface area contributed by atoms with E-state index in [-0.39, 0.29) is 0 Å². The minimum absolute atomic E-state index is 0.379. The van der Waals surface area contributed by atoms with Crippen LogP contribution in [-0.4, -0.2) is 33.6 Å². The summed E-state index contributed by atoms with van der Waals surface area (Å²) in [6, 6.07) is 5.56. The highest BCUT2D eigenvalue weighted by Gasteiger charge is 2.19. The van der Waals surface area contributed by atoms with Crippen LogP contribution in [-0.2, 0) is 19.6 Å². The Labute approximate surface area is 148 Å². The summed E-state index contributed by atoms with van der Waals surface area (Å²) in [6.45, 7) is 7.16. The lowest BCUT2D eigenvalue weighted by atomic mass is 10.00. The number of amides is 2. The molecule has 0 aliphatic rings. The quantitative estimate of drug-likeness (QED) is 0.751. The summed E-state index contributed by atoms with van der Waals surface area (Å²) in [4.78, 5) is 22.9. The van der Waals surface area contributed by atoms with Gasteiger partial charge in [0.15, 0.2) is 0 Å². The van der Waals surface area contributed by atoms with Crippen molar-refractivity contribution in [2.24, 2.45) is 0 Å². The van der Waals surface area contributed by atoms with Crippen molar-refractivity contribution in [1.29, 1.82) is 0 Å². The molecule has 0 aliphatic carbocycles. The average Bonchev–Trinajstić information content (AvgIpc) is 2.52. The van der Waals surface area contributed by atoms with Crippen molar-refractivity contribution in [3.05, 3.63) is 40.8 Å². The van der Waals surface area contributed by atoms with Crippen LogP contribution < -0.4 is 10.0 Å². The van der Waals surface area contributed by atoms with Gasteiger partial charge in [-0.1, -0.05) is 38.1 Å². The first-order valence-corrected chi connectivity index (χ1v) is 9.30. The van der Waals surface area contributed by atoms with Crippen molar-refractivity contribution in [3.8, 4) is 0 Å². The molecule has 0 bridgehead atoms. The Morgan fingerprint density at radius 2 is 1.68 bits per heavy atom. The van der Waals surface area contributed by atoms with Crippen molar-refractivity contribution in [1.82, 2.24) is 10.0 Å². The van der Waals surface area contributed by atoms with Crippen molar-refractivity contribution in [2.75, 3.05) is 7.11 Å². The van der Waals surface area contributed by atoms with Gasteiger partial charge in [0, 0.05) is 0 Å². The summed E-state index contributed by atoms with van der Waals surface area (Å²) < 4.78 is 30.4. The topological polar surface area (TPSA) is 102 Å². The molecule has 1 rings (SSSR count). The molecule has 2 N–H and O–H groups in total. The number of esters is 1. The van der Waals surface area contributed by atoms with E-state index in [1.165, 1.54) is 14.0 Å². The second kappa shape index (κ2) is 8.66. The molecule has 1 aromatic rings. The first kappa shape index (κ1) is 20.7. The van der Waals surface area contributed by atoms with Gasteiger partial charge in [-0.25, -0.2) is 22.7 Å². The molecule has 1 atom stereocenters. The normalized spacial score (nSPS) is 13.3. The van der Waals surface area contributed by atoms with Crippen molar-refractivity contribution in [3.63, 3.8) is 0 Å². The minimum atomic E-state index is -4.01. The number of hydrogen-bond acceptors (Lipinski definition) is 5. The predicted octanol–water partition coefficient (Wildman–Crippen LogP) is 2.36. The fourth-order valence-electron chi connectivity index (χ4n) is 2.05. The Morgan fingerprint density at radius 1 is 1.12 bits per heavy atom. The molecule has 138 valence electrons. The largest absolute Gasteiger partial charge is 0.467 e. The summed E-state index contributed by atoms with van der Waals surface area (Å²) in [5.41, 5.74) is 2.36. The van der Waals surface area contributed by atoms with E-state index in [1.807, 2.05) is 29.0 Å². The molecule has 0 saturated carbocycles. The molecule has 0 aromatic heterocycles. The molecule has 0 radical (unpaired) electrons. The number of methoxy groups -OCH3 is 1. The number of rotatable bonds is 6. The molecule has 0 spiro atoms. The Kier molecular flexibility index (Phi) is 7.17. The summed E-state index contributed by atoms with van der Waals surface area (Å²) in [5, 5.41) is 3.16. The number of carbonyl (C=O) groups is 2. The average molecular weight is 368 g/mol. The molecule has 1 unspecified atom stereocenters. The number of benzene rings is 1. The lowest BCUT2D eigenvalue weighted by molar-refractivity contribution is -0.142. The van der Waals surface area contributed by atoms with Gasteiger partial charge in [0.2, 0.25) is 0 Å². The van der Waals surface area contributed by atoms with E-state index in [0.29, 0.717) is 11.5 Å². The highest BCUT2D eigenvalue weighted by molar-refractivity contribution is 7.93. The maximum Gasteiger partial charge on any atom is 0.329 e. The molecule has 0 heterocycles. The van der Waals surface area contributed by atoms with Crippen LogP contribution in [0.25, 0.3) is 5.57 Å². The number of allylic oxidation sites excluding steroid dienone is 1. The van der Waals surface area contributed by atoms with Gasteiger partial charge in [-0.15, -0.1) is 0 Å². The fourth-order valence-corrected chi connectivity index (χ4v) is 3.03. The highest BCUT2D eigenvalue weighted by atomic mass is 32.2. The molecular formula is C17H24N2O5S. The smallest absolute Gasteiger partial charge is 0.329 e. The van der Waals surface area contributed by atoms with Crippen LogP contribution >= 0.6 is 0 Å². The summed E-state index contributed by atoms with van der Waals surface area (Å²) in [5.74, 6) is -0.297. The van der Waals surface area contributed by atoms with Gasteiger partial charge >= 0.3 is 12.0 Å². The summed E-state index contributed by atoms with van der Waals surface area (Å²) in [7, 11) is -2.84. The minimum Gasteiger partial charge on any atom is -0.467 e.